The lowest BCUT2D eigenvalue weighted by molar-refractivity contribution is 0.661. The van der Waals surface area contributed by atoms with E-state index in [-0.39, 0.29) is 5.41 Å². The predicted molar refractivity (Wildman–Crippen MR) is 189 cm³/mol. The summed E-state index contributed by atoms with van der Waals surface area (Å²) in [7, 11) is 0. The average Bonchev–Trinajstić information content (AvgIpc) is 3.66. The maximum atomic E-state index is 8.19. The highest BCUT2D eigenvalue weighted by molar-refractivity contribution is 7.26. The molecule has 0 saturated carbocycles. The summed E-state index contributed by atoms with van der Waals surface area (Å²) < 4.78 is 5.10. The molecule has 0 fully saturated rings. The Bertz CT molecular complexity index is 2330. The Morgan fingerprint density at radius 3 is 2.45 bits per heavy atom. The van der Waals surface area contributed by atoms with Crippen molar-refractivity contribution in [1.82, 2.24) is 9.88 Å². The fraction of sp³-hybridized carbons (Fsp3) is 0.0750. The van der Waals surface area contributed by atoms with E-state index in [1.54, 1.807) is 6.08 Å². The Balaban J connectivity index is 1.34. The zero-order valence-corrected chi connectivity index (χ0v) is 25.6. The van der Waals surface area contributed by atoms with Crippen LogP contribution < -0.4 is 5.32 Å². The van der Waals surface area contributed by atoms with Gasteiger partial charge in [-0.3, -0.25) is 0 Å². The van der Waals surface area contributed by atoms with Crippen molar-refractivity contribution in [3.8, 4) is 16.8 Å². The molecule has 0 unspecified atom stereocenters. The monoisotopic (exact) mass is 585 g/mol. The third kappa shape index (κ3) is 3.71. The van der Waals surface area contributed by atoms with Crippen LogP contribution in [-0.4, -0.2) is 10.3 Å². The van der Waals surface area contributed by atoms with Crippen LogP contribution in [0.25, 0.3) is 53.6 Å². The summed E-state index contributed by atoms with van der Waals surface area (Å²) in [6, 6.07) is 31.3. The number of hydrogen-bond acceptors (Lipinski definition) is 3. The molecule has 3 heterocycles. The topological polar surface area (TPSA) is 40.8 Å². The normalized spacial score (nSPS) is 16.0. The molecule has 44 heavy (non-hydrogen) atoms. The van der Waals surface area contributed by atoms with Gasteiger partial charge in [-0.05, 0) is 75.9 Å². The van der Waals surface area contributed by atoms with Crippen LogP contribution in [0.1, 0.15) is 30.5 Å². The van der Waals surface area contributed by atoms with Gasteiger partial charge in [0.25, 0.3) is 0 Å². The van der Waals surface area contributed by atoms with Gasteiger partial charge in [0.2, 0.25) is 0 Å². The standard InChI is InChI=1S/C40H31N3S/c1-5-27(34(41)6-2)35-19-18-25(23-42-35)24-12-11-13-26(20-24)43-36-22-30-28-14-7-9-16-32(28)40(3,4)33(30)21-31(36)39-38(43)29-15-8-10-17-37(29)44-39/h5-23,41-42H,1-2H2,3-4H3/b35-27-,41-34?. The van der Waals surface area contributed by atoms with Crippen molar-refractivity contribution in [3.05, 3.63) is 157 Å². The number of nitrogens with zero attached hydrogens (tertiary/aromatic N) is 1. The lowest BCUT2D eigenvalue weighted by Crippen LogP contribution is -2.14. The summed E-state index contributed by atoms with van der Waals surface area (Å²) in [4.78, 5) is 0. The SMILES string of the molecule is C=CC(=N)/C(C=C)=C1/C=CC(c2cccc(-n3c4cc5c(cc4c4sc6ccccc6c43)C(C)(C)c3ccccc3-5)c2)=CN1. The lowest BCUT2D eigenvalue weighted by atomic mass is 9.82. The van der Waals surface area contributed by atoms with Crippen molar-refractivity contribution in [2.24, 2.45) is 0 Å². The van der Waals surface area contributed by atoms with E-state index in [4.69, 9.17) is 5.41 Å². The maximum Gasteiger partial charge on any atom is 0.0727 e. The van der Waals surface area contributed by atoms with Crippen molar-refractivity contribution >= 4 is 53.8 Å². The van der Waals surface area contributed by atoms with Crippen LogP contribution in [0.5, 0.6) is 0 Å². The molecule has 8 rings (SSSR count). The number of aromatic nitrogens is 1. The number of fused-ring (bicyclic) bond motifs is 8. The first-order valence-corrected chi connectivity index (χ1v) is 15.7. The van der Waals surface area contributed by atoms with Gasteiger partial charge >= 0.3 is 0 Å². The highest BCUT2D eigenvalue weighted by atomic mass is 32.1. The Morgan fingerprint density at radius 2 is 1.66 bits per heavy atom. The summed E-state index contributed by atoms with van der Waals surface area (Å²) in [5, 5.41) is 14.2. The molecule has 0 radical (unpaired) electrons. The molecule has 6 aromatic rings. The van der Waals surface area contributed by atoms with Gasteiger partial charge in [0, 0.05) is 44.0 Å². The van der Waals surface area contributed by atoms with Crippen molar-refractivity contribution in [2.45, 2.75) is 19.3 Å². The summed E-state index contributed by atoms with van der Waals surface area (Å²) in [6.45, 7) is 12.3. The minimum Gasteiger partial charge on any atom is -0.361 e. The van der Waals surface area contributed by atoms with Gasteiger partial charge in [-0.15, -0.1) is 11.3 Å². The van der Waals surface area contributed by atoms with Crippen molar-refractivity contribution in [3.63, 3.8) is 0 Å². The van der Waals surface area contributed by atoms with Crippen LogP contribution in [0.15, 0.2) is 140 Å². The molecule has 0 amide bonds. The van der Waals surface area contributed by atoms with E-state index in [0.717, 1.165) is 28.1 Å². The molecule has 0 bridgehead atoms. The van der Waals surface area contributed by atoms with E-state index in [2.05, 4.69) is 128 Å². The van der Waals surface area contributed by atoms with Gasteiger partial charge in [-0.1, -0.05) is 93.8 Å². The quantitative estimate of drug-likeness (QED) is 0.194. The molecular formula is C40H31N3S. The van der Waals surface area contributed by atoms with E-state index in [0.29, 0.717) is 5.71 Å². The maximum absolute atomic E-state index is 8.19. The van der Waals surface area contributed by atoms with Gasteiger partial charge in [0.15, 0.2) is 0 Å². The van der Waals surface area contributed by atoms with E-state index in [1.165, 1.54) is 59.5 Å². The van der Waals surface area contributed by atoms with Gasteiger partial charge in [0.05, 0.1) is 21.4 Å². The van der Waals surface area contributed by atoms with Crippen molar-refractivity contribution < 1.29 is 0 Å². The summed E-state index contributed by atoms with van der Waals surface area (Å²) in [6.07, 6.45) is 9.34. The lowest BCUT2D eigenvalue weighted by Gasteiger charge is -2.21. The number of nitrogens with one attached hydrogen (secondary N) is 2. The first-order valence-electron chi connectivity index (χ1n) is 14.8. The molecule has 4 heteroatoms. The minimum absolute atomic E-state index is 0.0547. The Labute approximate surface area is 261 Å². The van der Waals surface area contributed by atoms with Crippen LogP contribution in [0, 0.1) is 5.41 Å². The van der Waals surface area contributed by atoms with E-state index >= 15 is 0 Å². The van der Waals surface area contributed by atoms with Crippen LogP contribution in [0.2, 0.25) is 0 Å². The number of allylic oxidation sites excluding steroid dienone is 6. The van der Waals surface area contributed by atoms with Gasteiger partial charge in [0.1, 0.15) is 0 Å². The van der Waals surface area contributed by atoms with Crippen LogP contribution in [-0.2, 0) is 5.41 Å². The fourth-order valence-electron chi connectivity index (χ4n) is 7.00. The fourth-order valence-corrected chi connectivity index (χ4v) is 8.21. The number of rotatable bonds is 5. The smallest absolute Gasteiger partial charge is 0.0727 e. The molecule has 0 spiro atoms. The molecule has 2 aliphatic rings. The first kappa shape index (κ1) is 26.4. The number of dihydropyridines is 1. The Kier molecular flexibility index (Phi) is 5.81. The highest BCUT2D eigenvalue weighted by Gasteiger charge is 2.36. The van der Waals surface area contributed by atoms with Crippen LogP contribution >= 0.6 is 11.3 Å². The van der Waals surface area contributed by atoms with Gasteiger partial charge in [-0.25, -0.2) is 0 Å². The first-order chi connectivity index (χ1) is 21.4. The Morgan fingerprint density at radius 1 is 0.841 bits per heavy atom. The van der Waals surface area contributed by atoms with Crippen LogP contribution in [0.3, 0.4) is 0 Å². The van der Waals surface area contributed by atoms with E-state index in [9.17, 15) is 0 Å². The van der Waals surface area contributed by atoms with Crippen LogP contribution in [0.4, 0.5) is 0 Å². The second-order valence-corrected chi connectivity index (χ2v) is 13.0. The number of benzene rings is 4. The molecule has 2 aromatic heterocycles. The largest absolute Gasteiger partial charge is 0.361 e. The molecule has 0 saturated heterocycles. The molecule has 0 atom stereocenters. The summed E-state index contributed by atoms with van der Waals surface area (Å²) >= 11 is 1.89. The Hall–Kier alpha value is -5.19. The van der Waals surface area contributed by atoms with Crippen molar-refractivity contribution in [1.29, 1.82) is 5.41 Å². The zero-order valence-electron chi connectivity index (χ0n) is 24.7. The molecule has 1 aliphatic carbocycles. The van der Waals surface area contributed by atoms with Crippen molar-refractivity contribution in [2.75, 3.05) is 0 Å². The third-order valence-corrected chi connectivity index (χ3v) is 10.4. The molecule has 4 aromatic carbocycles. The number of thiophene rings is 1. The van der Waals surface area contributed by atoms with Gasteiger partial charge < -0.3 is 15.3 Å². The second kappa shape index (κ2) is 9.66. The average molecular weight is 586 g/mol. The molecule has 212 valence electrons. The number of hydrogen-bond donors (Lipinski definition) is 2. The minimum atomic E-state index is -0.0547. The van der Waals surface area contributed by atoms with E-state index in [1.807, 2.05) is 23.6 Å². The zero-order chi connectivity index (χ0) is 30.2. The second-order valence-electron chi connectivity index (χ2n) is 12.0. The predicted octanol–water partition coefficient (Wildman–Crippen LogP) is 10.5. The molecule has 3 nitrogen and oxygen atoms in total. The molecule has 2 N–H and O–H groups in total. The molecule has 1 aliphatic heterocycles. The third-order valence-electron chi connectivity index (χ3n) is 9.22. The van der Waals surface area contributed by atoms with Gasteiger partial charge in [-0.2, -0.15) is 0 Å². The summed E-state index contributed by atoms with van der Waals surface area (Å²) in [5.41, 5.74) is 13.1. The highest BCUT2D eigenvalue weighted by Crippen LogP contribution is 2.52. The summed E-state index contributed by atoms with van der Waals surface area (Å²) in [5.74, 6) is 0. The van der Waals surface area contributed by atoms with E-state index < -0.39 is 0 Å². The molecular weight excluding hydrogens is 555 g/mol.